The fourth-order valence-corrected chi connectivity index (χ4v) is 2.70. The molecule has 28 heavy (non-hydrogen) atoms. The number of carbonyl (C=O) groups excluding carboxylic acids is 2. The van der Waals surface area contributed by atoms with Gasteiger partial charge in [-0.05, 0) is 43.3 Å². The zero-order valence-electron chi connectivity index (χ0n) is 15.6. The Morgan fingerprint density at radius 2 is 1.86 bits per heavy atom. The number of hydrogen-bond acceptors (Lipinski definition) is 6. The van der Waals surface area contributed by atoms with Gasteiger partial charge in [-0.3, -0.25) is 4.79 Å². The van der Waals surface area contributed by atoms with Gasteiger partial charge in [-0.2, -0.15) is 0 Å². The summed E-state index contributed by atoms with van der Waals surface area (Å²) in [5.74, 6) is -0.394. The van der Waals surface area contributed by atoms with E-state index in [4.69, 9.17) is 4.74 Å². The van der Waals surface area contributed by atoms with E-state index in [9.17, 15) is 9.59 Å². The van der Waals surface area contributed by atoms with Crippen molar-refractivity contribution in [1.82, 2.24) is 9.97 Å². The molecule has 0 aliphatic carbocycles. The van der Waals surface area contributed by atoms with Crippen LogP contribution in [0.1, 0.15) is 27.8 Å². The van der Waals surface area contributed by atoms with E-state index >= 15 is 0 Å². The Morgan fingerprint density at radius 3 is 2.57 bits per heavy atom. The second kappa shape index (κ2) is 8.77. The number of carbonyl (C=O) groups is 2. The molecule has 0 saturated heterocycles. The van der Waals surface area contributed by atoms with Crippen molar-refractivity contribution in [2.75, 3.05) is 23.9 Å². The van der Waals surface area contributed by atoms with Crippen LogP contribution in [0.3, 0.4) is 0 Å². The third-order valence-electron chi connectivity index (χ3n) is 4.04. The van der Waals surface area contributed by atoms with Gasteiger partial charge in [0.15, 0.2) is 0 Å². The first kappa shape index (κ1) is 19.0. The lowest BCUT2D eigenvalue weighted by atomic mass is 10.2. The van der Waals surface area contributed by atoms with Gasteiger partial charge in [-0.25, -0.2) is 14.8 Å². The third-order valence-corrected chi connectivity index (χ3v) is 4.04. The van der Waals surface area contributed by atoms with E-state index in [0.29, 0.717) is 17.8 Å². The lowest BCUT2D eigenvalue weighted by Gasteiger charge is -2.20. The molecule has 7 heteroatoms. The Hall–Kier alpha value is -3.74. The summed E-state index contributed by atoms with van der Waals surface area (Å²) in [6.45, 7) is 2.42. The van der Waals surface area contributed by atoms with Crippen LogP contribution in [0.5, 0.6) is 0 Å². The smallest absolute Gasteiger partial charge is 0.337 e. The van der Waals surface area contributed by atoms with Crippen LogP contribution in [0, 0.1) is 0 Å². The van der Waals surface area contributed by atoms with E-state index in [1.807, 2.05) is 37.3 Å². The number of nitrogens with zero attached hydrogens (tertiary/aromatic N) is 3. The Kier molecular flexibility index (Phi) is 5.96. The van der Waals surface area contributed by atoms with Gasteiger partial charge < -0.3 is 15.0 Å². The maximum Gasteiger partial charge on any atom is 0.337 e. The normalized spacial score (nSPS) is 10.2. The highest BCUT2D eigenvalue weighted by Gasteiger charge is 2.18. The molecule has 1 N–H and O–H groups in total. The largest absolute Gasteiger partial charge is 0.465 e. The van der Waals surface area contributed by atoms with Crippen molar-refractivity contribution in [3.05, 3.63) is 78.1 Å². The molecule has 0 aliphatic rings. The summed E-state index contributed by atoms with van der Waals surface area (Å²) in [4.78, 5) is 34.7. The van der Waals surface area contributed by atoms with E-state index in [1.54, 1.807) is 35.2 Å². The fourth-order valence-electron chi connectivity index (χ4n) is 2.70. The molecule has 3 aromatic rings. The highest BCUT2D eigenvalue weighted by Crippen LogP contribution is 2.18. The molecule has 0 radical (unpaired) electrons. The van der Waals surface area contributed by atoms with Gasteiger partial charge in [0.05, 0.1) is 12.7 Å². The summed E-state index contributed by atoms with van der Waals surface area (Å²) in [6, 6.07) is 17.8. The number of methoxy groups -OCH3 is 1. The first-order valence-electron chi connectivity index (χ1n) is 8.77. The minimum absolute atomic E-state index is 0.220. The second-order valence-electron chi connectivity index (χ2n) is 5.85. The molecular formula is C21H20N4O3. The molecule has 0 spiro atoms. The van der Waals surface area contributed by atoms with Crippen LogP contribution >= 0.6 is 0 Å². The molecule has 0 saturated carbocycles. The zero-order chi connectivity index (χ0) is 19.9. The van der Waals surface area contributed by atoms with Gasteiger partial charge in [-0.15, -0.1) is 0 Å². The number of esters is 1. The average Bonchev–Trinajstić information content (AvgIpc) is 2.75. The number of amides is 1. The van der Waals surface area contributed by atoms with Gasteiger partial charge in [-0.1, -0.05) is 24.3 Å². The fraction of sp³-hybridized carbons (Fsp3) is 0.143. The van der Waals surface area contributed by atoms with Gasteiger partial charge in [0.1, 0.15) is 5.69 Å². The van der Waals surface area contributed by atoms with Crippen LogP contribution in [-0.2, 0) is 4.74 Å². The van der Waals surface area contributed by atoms with Crippen molar-refractivity contribution in [2.24, 2.45) is 0 Å². The Balaban J connectivity index is 1.82. The van der Waals surface area contributed by atoms with E-state index in [0.717, 1.165) is 5.69 Å². The minimum atomic E-state index is -0.435. The Labute approximate surface area is 163 Å². The van der Waals surface area contributed by atoms with Crippen LogP contribution in [0.15, 0.2) is 66.9 Å². The van der Waals surface area contributed by atoms with Gasteiger partial charge in [0.25, 0.3) is 5.91 Å². The van der Waals surface area contributed by atoms with Gasteiger partial charge in [0.2, 0.25) is 5.95 Å². The third kappa shape index (κ3) is 4.32. The summed E-state index contributed by atoms with van der Waals surface area (Å²) < 4.78 is 4.72. The number of benzene rings is 2. The molecule has 142 valence electrons. The van der Waals surface area contributed by atoms with Crippen LogP contribution in [0.2, 0.25) is 0 Å². The molecule has 2 aromatic carbocycles. The lowest BCUT2D eigenvalue weighted by Crippen LogP contribution is -2.31. The number of para-hydroxylation sites is 1. The molecule has 3 rings (SSSR count). The average molecular weight is 376 g/mol. The number of ether oxygens (including phenoxy) is 1. The van der Waals surface area contributed by atoms with Crippen molar-refractivity contribution in [1.29, 1.82) is 0 Å². The minimum Gasteiger partial charge on any atom is -0.465 e. The molecule has 1 amide bonds. The Morgan fingerprint density at radius 1 is 1.07 bits per heavy atom. The molecule has 1 heterocycles. The summed E-state index contributed by atoms with van der Waals surface area (Å²) >= 11 is 0. The number of rotatable bonds is 6. The van der Waals surface area contributed by atoms with E-state index in [2.05, 4.69) is 15.3 Å². The summed E-state index contributed by atoms with van der Waals surface area (Å²) in [5.41, 5.74) is 2.09. The predicted octanol–water partition coefficient (Wildman–Crippen LogP) is 3.67. The maximum atomic E-state index is 12.9. The molecule has 7 nitrogen and oxygen atoms in total. The molecule has 1 aromatic heterocycles. The van der Waals surface area contributed by atoms with Crippen LogP contribution in [-0.4, -0.2) is 35.5 Å². The van der Waals surface area contributed by atoms with E-state index in [-0.39, 0.29) is 17.5 Å². The van der Waals surface area contributed by atoms with Crippen molar-refractivity contribution < 1.29 is 14.3 Å². The first-order chi connectivity index (χ1) is 13.6. The van der Waals surface area contributed by atoms with Crippen molar-refractivity contribution in [2.45, 2.75) is 6.92 Å². The van der Waals surface area contributed by atoms with Crippen molar-refractivity contribution in [3.8, 4) is 0 Å². The number of aromatic nitrogens is 2. The quantitative estimate of drug-likeness (QED) is 0.661. The van der Waals surface area contributed by atoms with Gasteiger partial charge >= 0.3 is 5.97 Å². The van der Waals surface area contributed by atoms with Crippen molar-refractivity contribution in [3.63, 3.8) is 0 Å². The lowest BCUT2D eigenvalue weighted by molar-refractivity contribution is 0.0600. The summed E-state index contributed by atoms with van der Waals surface area (Å²) in [7, 11) is 1.33. The second-order valence-corrected chi connectivity index (χ2v) is 5.85. The van der Waals surface area contributed by atoms with E-state index < -0.39 is 5.97 Å². The highest BCUT2D eigenvalue weighted by atomic mass is 16.5. The molecule has 0 fully saturated rings. The SMILES string of the molecule is CCN(C(=O)c1ccnc(Nc2cccc(C(=O)OC)c2)n1)c1ccccc1. The predicted molar refractivity (Wildman–Crippen MR) is 107 cm³/mol. The standard InChI is InChI=1S/C21H20N4O3/c1-3-25(17-10-5-4-6-11-17)19(26)18-12-13-22-21(24-18)23-16-9-7-8-15(14-16)20(27)28-2/h4-14H,3H2,1-2H3,(H,22,23,24). The van der Waals surface area contributed by atoms with Crippen LogP contribution in [0.4, 0.5) is 17.3 Å². The van der Waals surface area contributed by atoms with Crippen molar-refractivity contribution >= 4 is 29.2 Å². The molecule has 0 bridgehead atoms. The number of hydrogen-bond donors (Lipinski definition) is 1. The van der Waals surface area contributed by atoms with Crippen LogP contribution < -0.4 is 10.2 Å². The zero-order valence-corrected chi connectivity index (χ0v) is 15.6. The van der Waals surface area contributed by atoms with Gasteiger partial charge in [0, 0.05) is 24.1 Å². The van der Waals surface area contributed by atoms with E-state index in [1.165, 1.54) is 13.3 Å². The topological polar surface area (TPSA) is 84.4 Å². The number of nitrogens with one attached hydrogen (secondary N) is 1. The Bertz CT molecular complexity index is 976. The molecule has 0 aliphatic heterocycles. The number of anilines is 3. The molecular weight excluding hydrogens is 356 g/mol. The van der Waals surface area contributed by atoms with Crippen LogP contribution in [0.25, 0.3) is 0 Å². The maximum absolute atomic E-state index is 12.9. The first-order valence-corrected chi connectivity index (χ1v) is 8.77. The summed E-state index contributed by atoms with van der Waals surface area (Å²) in [5, 5.41) is 3.01. The highest BCUT2D eigenvalue weighted by molar-refractivity contribution is 6.04. The monoisotopic (exact) mass is 376 g/mol. The molecule has 0 unspecified atom stereocenters. The molecule has 0 atom stereocenters. The summed E-state index contributed by atoms with van der Waals surface area (Å²) in [6.07, 6.45) is 1.52.